The second-order valence-corrected chi connectivity index (χ2v) is 3.32. The van der Waals surface area contributed by atoms with Gasteiger partial charge >= 0.3 is 0 Å². The molecule has 0 saturated carbocycles. The lowest BCUT2D eigenvalue weighted by atomic mass is 10.1. The van der Waals surface area contributed by atoms with Crippen LogP contribution in [0.3, 0.4) is 0 Å². The molecule has 0 aliphatic rings. The van der Waals surface area contributed by atoms with E-state index in [4.69, 9.17) is 9.52 Å². The summed E-state index contributed by atoms with van der Waals surface area (Å²) in [4.78, 5) is 0. The minimum Gasteiger partial charge on any atom is -0.464 e. The highest BCUT2D eigenvalue weighted by molar-refractivity contribution is 5.81. The van der Waals surface area contributed by atoms with Crippen LogP contribution in [0.1, 0.15) is 12.0 Å². The Labute approximate surface area is 85.1 Å². The number of benzene rings is 1. The van der Waals surface area contributed by atoms with E-state index < -0.39 is 19.0 Å². The second kappa shape index (κ2) is 3.62. The fraction of sp³-hybridized carbons (Fsp3) is 0.273. The van der Waals surface area contributed by atoms with Crippen LogP contribution in [0.15, 0.2) is 34.9 Å². The molecule has 1 aromatic carbocycles. The monoisotopic (exact) mass is 212 g/mol. The van der Waals surface area contributed by atoms with E-state index in [0.29, 0.717) is 11.0 Å². The van der Waals surface area contributed by atoms with Crippen LogP contribution >= 0.6 is 0 Å². The van der Waals surface area contributed by atoms with Gasteiger partial charge in [0, 0.05) is 18.4 Å². The number of furan rings is 1. The zero-order valence-electron chi connectivity index (χ0n) is 7.91. The average molecular weight is 212 g/mol. The van der Waals surface area contributed by atoms with E-state index in [1.807, 2.05) is 0 Å². The first kappa shape index (κ1) is 10.1. The molecule has 2 nitrogen and oxygen atoms in total. The molecule has 0 spiro atoms. The van der Waals surface area contributed by atoms with Gasteiger partial charge < -0.3 is 9.52 Å². The predicted molar refractivity (Wildman–Crippen MR) is 51.8 cm³/mol. The number of para-hydroxylation sites is 1. The van der Waals surface area contributed by atoms with E-state index in [9.17, 15) is 8.78 Å². The number of rotatable bonds is 3. The molecule has 0 atom stereocenters. The SMILES string of the molecule is OCCC(F)(F)c1coc2ccccc12. The minimum atomic E-state index is -3.04. The Hall–Kier alpha value is -1.42. The number of halogens is 2. The van der Waals surface area contributed by atoms with Crippen molar-refractivity contribution < 1.29 is 18.3 Å². The normalized spacial score (nSPS) is 12.2. The first-order valence-electron chi connectivity index (χ1n) is 4.60. The maximum Gasteiger partial charge on any atom is 0.279 e. The van der Waals surface area contributed by atoms with Gasteiger partial charge in [0.2, 0.25) is 0 Å². The van der Waals surface area contributed by atoms with Gasteiger partial charge in [-0.3, -0.25) is 0 Å². The Morgan fingerprint density at radius 2 is 2.00 bits per heavy atom. The van der Waals surface area contributed by atoms with Crippen molar-refractivity contribution in [3.63, 3.8) is 0 Å². The largest absolute Gasteiger partial charge is 0.464 e. The van der Waals surface area contributed by atoms with Gasteiger partial charge in [-0.25, -0.2) is 8.78 Å². The summed E-state index contributed by atoms with van der Waals surface area (Å²) < 4.78 is 32.0. The van der Waals surface area contributed by atoms with Gasteiger partial charge in [0.05, 0.1) is 5.56 Å². The van der Waals surface area contributed by atoms with E-state index >= 15 is 0 Å². The van der Waals surface area contributed by atoms with E-state index in [1.54, 1.807) is 24.3 Å². The molecule has 1 N–H and O–H groups in total. The summed E-state index contributed by atoms with van der Waals surface area (Å²) >= 11 is 0. The Kier molecular flexibility index (Phi) is 2.44. The zero-order chi connectivity index (χ0) is 10.9. The Morgan fingerprint density at radius 1 is 1.27 bits per heavy atom. The molecule has 0 fully saturated rings. The molecule has 0 amide bonds. The molecule has 0 aliphatic heterocycles. The molecule has 15 heavy (non-hydrogen) atoms. The number of hydrogen-bond acceptors (Lipinski definition) is 2. The number of alkyl halides is 2. The van der Waals surface area contributed by atoms with Crippen LogP contribution in [0, 0.1) is 0 Å². The van der Waals surface area contributed by atoms with Crippen LogP contribution in [-0.2, 0) is 5.92 Å². The third-order valence-corrected chi connectivity index (χ3v) is 2.30. The number of fused-ring (bicyclic) bond motifs is 1. The van der Waals surface area contributed by atoms with Crippen molar-refractivity contribution in [1.82, 2.24) is 0 Å². The third kappa shape index (κ3) is 1.72. The summed E-state index contributed by atoms with van der Waals surface area (Å²) in [5.41, 5.74) is 0.275. The quantitative estimate of drug-likeness (QED) is 0.848. The molecular weight excluding hydrogens is 202 g/mol. The van der Waals surface area contributed by atoms with Crippen LogP contribution in [0.5, 0.6) is 0 Å². The van der Waals surface area contributed by atoms with Crippen LogP contribution in [-0.4, -0.2) is 11.7 Å². The summed E-state index contributed by atoms with van der Waals surface area (Å²) in [6.07, 6.45) is 0.469. The Balaban J connectivity index is 2.52. The Bertz CT molecular complexity index is 462. The smallest absolute Gasteiger partial charge is 0.279 e. The van der Waals surface area contributed by atoms with Gasteiger partial charge in [0.1, 0.15) is 11.8 Å². The molecule has 0 aliphatic carbocycles. The number of aliphatic hydroxyl groups is 1. The fourth-order valence-electron chi connectivity index (χ4n) is 1.54. The molecule has 0 saturated heterocycles. The van der Waals surface area contributed by atoms with Crippen LogP contribution < -0.4 is 0 Å². The predicted octanol–water partition coefficient (Wildman–Crippen LogP) is 2.91. The first-order valence-corrected chi connectivity index (χ1v) is 4.60. The van der Waals surface area contributed by atoms with Crippen LogP contribution in [0.25, 0.3) is 11.0 Å². The van der Waals surface area contributed by atoms with E-state index in [1.165, 1.54) is 0 Å². The second-order valence-electron chi connectivity index (χ2n) is 3.32. The topological polar surface area (TPSA) is 33.4 Å². The van der Waals surface area contributed by atoms with Crippen molar-refractivity contribution in [3.8, 4) is 0 Å². The van der Waals surface area contributed by atoms with Crippen LogP contribution in [0.2, 0.25) is 0 Å². The van der Waals surface area contributed by atoms with Gasteiger partial charge in [-0.05, 0) is 6.07 Å². The van der Waals surface area contributed by atoms with Gasteiger partial charge in [-0.2, -0.15) is 0 Å². The highest BCUT2D eigenvalue weighted by Crippen LogP contribution is 2.37. The summed E-state index contributed by atoms with van der Waals surface area (Å²) in [5, 5.41) is 8.96. The molecule has 0 bridgehead atoms. The summed E-state index contributed by atoms with van der Waals surface area (Å²) in [5.74, 6) is -3.04. The van der Waals surface area contributed by atoms with E-state index in [-0.39, 0.29) is 5.56 Å². The fourth-order valence-corrected chi connectivity index (χ4v) is 1.54. The first-order chi connectivity index (χ1) is 7.15. The van der Waals surface area contributed by atoms with Crippen molar-refractivity contribution in [1.29, 1.82) is 0 Å². The van der Waals surface area contributed by atoms with Crippen molar-refractivity contribution in [3.05, 3.63) is 36.1 Å². The molecule has 0 radical (unpaired) electrons. The van der Waals surface area contributed by atoms with Gasteiger partial charge in [0.15, 0.2) is 0 Å². The van der Waals surface area contributed by atoms with Gasteiger partial charge in [0.25, 0.3) is 5.92 Å². The lowest BCUT2D eigenvalue weighted by Crippen LogP contribution is -2.14. The molecule has 80 valence electrons. The van der Waals surface area contributed by atoms with E-state index in [0.717, 1.165) is 6.26 Å². The number of aliphatic hydroxyl groups excluding tert-OH is 1. The minimum absolute atomic E-state index is 0.160. The lowest BCUT2D eigenvalue weighted by Gasteiger charge is -2.12. The summed E-state index contributed by atoms with van der Waals surface area (Å²) in [7, 11) is 0. The van der Waals surface area contributed by atoms with Crippen molar-refractivity contribution in [2.75, 3.05) is 6.61 Å². The molecule has 1 heterocycles. The summed E-state index contributed by atoms with van der Waals surface area (Å²) in [6.45, 7) is -0.549. The summed E-state index contributed by atoms with van der Waals surface area (Å²) in [6, 6.07) is 6.61. The zero-order valence-corrected chi connectivity index (χ0v) is 7.91. The van der Waals surface area contributed by atoms with E-state index in [2.05, 4.69) is 0 Å². The molecular formula is C11H10F2O2. The standard InChI is InChI=1S/C11H10F2O2/c12-11(13,5-6-14)9-7-15-10-4-2-1-3-8(9)10/h1-4,7,14H,5-6H2. The highest BCUT2D eigenvalue weighted by Gasteiger charge is 2.34. The highest BCUT2D eigenvalue weighted by atomic mass is 19.3. The van der Waals surface area contributed by atoms with Crippen molar-refractivity contribution in [2.45, 2.75) is 12.3 Å². The number of hydrogen-bond donors (Lipinski definition) is 1. The van der Waals surface area contributed by atoms with Crippen LogP contribution in [0.4, 0.5) is 8.78 Å². The molecule has 2 aromatic rings. The van der Waals surface area contributed by atoms with Gasteiger partial charge in [-0.15, -0.1) is 0 Å². The molecule has 4 heteroatoms. The van der Waals surface area contributed by atoms with Gasteiger partial charge in [-0.1, -0.05) is 18.2 Å². The third-order valence-electron chi connectivity index (χ3n) is 2.30. The Morgan fingerprint density at radius 3 is 2.73 bits per heavy atom. The molecule has 2 rings (SSSR count). The lowest BCUT2D eigenvalue weighted by molar-refractivity contribution is -0.0261. The molecule has 1 aromatic heterocycles. The maximum atomic E-state index is 13.5. The molecule has 0 unspecified atom stereocenters. The maximum absolute atomic E-state index is 13.5. The van der Waals surface area contributed by atoms with Crippen molar-refractivity contribution >= 4 is 11.0 Å². The van der Waals surface area contributed by atoms with Crippen molar-refractivity contribution in [2.24, 2.45) is 0 Å². The average Bonchev–Trinajstić information content (AvgIpc) is 2.61.